The minimum Gasteiger partial charge on any atom is -0.478 e. The van der Waals surface area contributed by atoms with Crippen LogP contribution in [0.2, 0.25) is 0 Å². The molecule has 29 heteroatoms. The summed E-state index contributed by atoms with van der Waals surface area (Å²) in [5.74, 6) is -112. The van der Waals surface area contributed by atoms with Crippen LogP contribution in [0.3, 0.4) is 0 Å². The van der Waals surface area contributed by atoms with Crippen molar-refractivity contribution in [3.63, 3.8) is 0 Å². The average molecular weight is 782 g/mol. The minimum atomic E-state index is -9.81. The van der Waals surface area contributed by atoms with Gasteiger partial charge < -0.3 is 5.11 Å². The summed E-state index contributed by atoms with van der Waals surface area (Å²) in [5.41, 5.74) is -1.11. The molecule has 0 saturated carbocycles. The maximum Gasteiger partial charge on any atom is 0.460 e. The number of carboxylic acid groups (broad SMARTS) is 1. The Hall–Kier alpha value is -2.68. The highest BCUT2D eigenvalue weighted by atomic mass is 19.4. The van der Waals surface area contributed by atoms with E-state index in [1.165, 1.54) is 0 Å². The summed E-state index contributed by atoms with van der Waals surface area (Å²) in [5, 5.41) is 8.40. The number of halogens is 27. The Bertz CT molecular complexity index is 1220. The van der Waals surface area contributed by atoms with E-state index in [1.54, 1.807) is 0 Å². The van der Waals surface area contributed by atoms with Crippen LogP contribution in [-0.4, -0.2) is 88.3 Å². The van der Waals surface area contributed by atoms with Gasteiger partial charge in [-0.05, 0) is 13.3 Å². The number of hydrogen-bond acceptors (Lipinski definition) is 1. The van der Waals surface area contributed by atoms with Gasteiger partial charge in [-0.1, -0.05) is 6.08 Å². The maximum atomic E-state index is 13.8. The molecule has 0 bridgehead atoms. The van der Waals surface area contributed by atoms with E-state index in [0.29, 0.717) is 6.92 Å². The summed E-state index contributed by atoms with van der Waals surface area (Å²) >= 11 is 0. The molecule has 0 radical (unpaired) electrons. The van der Waals surface area contributed by atoms with Gasteiger partial charge in [0, 0.05) is 12.0 Å². The molecule has 0 atom stereocenters. The molecule has 0 heterocycles. The van der Waals surface area contributed by atoms with Crippen LogP contribution in [0.5, 0.6) is 0 Å². The third-order valence-corrected chi connectivity index (χ3v) is 6.00. The Morgan fingerprint density at radius 2 is 0.625 bits per heavy atom. The smallest absolute Gasteiger partial charge is 0.460 e. The van der Waals surface area contributed by atoms with Crippen molar-refractivity contribution >= 4 is 5.97 Å². The lowest BCUT2D eigenvalue weighted by Gasteiger charge is -2.46. The van der Waals surface area contributed by atoms with Crippen LogP contribution < -0.4 is 0 Å². The lowest BCUT2D eigenvalue weighted by molar-refractivity contribution is -0.485. The fourth-order valence-corrected chi connectivity index (χ4v) is 2.90. The first-order valence-corrected chi connectivity index (χ1v) is 10.8. The van der Waals surface area contributed by atoms with Crippen LogP contribution in [0.1, 0.15) is 19.8 Å². The number of rotatable bonds is 15. The number of aliphatic carboxylic acids is 1. The van der Waals surface area contributed by atoms with E-state index >= 15 is 0 Å². The van der Waals surface area contributed by atoms with Gasteiger partial charge in [0.2, 0.25) is 0 Å². The Balaban J connectivity index is 7.31. The fraction of sp³-hybridized carbons (Fsp3) is 0.842. The van der Waals surface area contributed by atoms with Gasteiger partial charge in [-0.25, -0.2) is 4.79 Å². The molecule has 0 aliphatic heterocycles. The molecule has 0 aliphatic rings. The van der Waals surface area contributed by atoms with Gasteiger partial charge in [-0.15, -0.1) is 0 Å². The van der Waals surface area contributed by atoms with Crippen LogP contribution in [-0.2, 0) is 4.79 Å². The number of alkyl halides is 27. The number of hydrogen-bond donors (Lipinski definition) is 1. The van der Waals surface area contributed by atoms with Crippen molar-refractivity contribution in [3.8, 4) is 0 Å². The topological polar surface area (TPSA) is 37.3 Å². The summed E-state index contributed by atoms with van der Waals surface area (Å²) in [6, 6.07) is 0. The Labute approximate surface area is 244 Å². The predicted molar refractivity (Wildman–Crippen MR) is 96.0 cm³/mol. The summed E-state index contributed by atoms with van der Waals surface area (Å²) in [4.78, 5) is 10.5. The van der Waals surface area contributed by atoms with Crippen LogP contribution >= 0.6 is 0 Å². The summed E-state index contributed by atoms with van der Waals surface area (Å²) in [6.45, 7) is 0.461. The number of carboxylic acids is 1. The Kier molecular flexibility index (Phi) is 11.0. The SMILES string of the molecule is CC(=CCCC(F)(F)C(F)(F)C(F)(F)C(F)(F)C(F)(F)C(F)(F)C(F)(F)C(F)(F)C(F)(F)C(F)(F)C(F)(F)C(F)(F)C(F)(F)F)C(=O)O. The van der Waals surface area contributed by atoms with E-state index in [4.69, 9.17) is 5.11 Å². The normalized spacial score (nSPS) is 16.8. The highest BCUT2D eigenvalue weighted by Gasteiger charge is 3.00. The van der Waals surface area contributed by atoms with E-state index in [9.17, 15) is 123 Å². The molecule has 0 spiro atoms. The third kappa shape index (κ3) is 5.73. The molecule has 0 amide bonds. The molecule has 0 fully saturated rings. The predicted octanol–water partition coefficient (Wildman–Crippen LogP) is 9.98. The first-order valence-electron chi connectivity index (χ1n) is 10.8. The highest BCUT2D eigenvalue weighted by Crippen LogP contribution is 2.68. The van der Waals surface area contributed by atoms with Gasteiger partial charge in [-0.2, -0.15) is 119 Å². The molecule has 0 saturated heterocycles. The second kappa shape index (κ2) is 11.7. The van der Waals surface area contributed by atoms with Crippen LogP contribution in [0, 0.1) is 0 Å². The van der Waals surface area contributed by atoms with Gasteiger partial charge in [0.15, 0.2) is 0 Å². The van der Waals surface area contributed by atoms with Crippen molar-refractivity contribution in [2.45, 2.75) is 97.0 Å². The molecule has 0 rings (SSSR count). The summed E-state index contributed by atoms with van der Waals surface area (Å²) in [7, 11) is 0. The molecule has 0 aromatic heterocycles. The van der Waals surface area contributed by atoms with Gasteiger partial charge in [-0.3, -0.25) is 0 Å². The van der Waals surface area contributed by atoms with E-state index in [0.717, 1.165) is 0 Å². The fourth-order valence-electron chi connectivity index (χ4n) is 2.90. The van der Waals surface area contributed by atoms with E-state index in [2.05, 4.69) is 0 Å². The van der Waals surface area contributed by atoms with Crippen molar-refractivity contribution in [1.82, 2.24) is 0 Å². The monoisotopic (exact) mass is 782 g/mol. The minimum absolute atomic E-state index is 0.0853. The lowest BCUT2D eigenvalue weighted by Crippen LogP contribution is -2.78. The second-order valence-corrected chi connectivity index (χ2v) is 9.25. The van der Waals surface area contributed by atoms with Crippen molar-refractivity contribution in [2.75, 3.05) is 0 Å². The van der Waals surface area contributed by atoms with E-state index < -0.39 is 102 Å². The standard InChI is InChI=1S/C19H9F27O2/c1-5(6(47)48)3-2-4-7(20,21)8(22,23)9(24,25)10(26,27)11(28,29)12(30,31)13(32,33)14(34,35)15(36,37)16(38,39)17(40,41)18(42,43)19(44,45)46/h3H,2,4H2,1H3,(H,47,48). The van der Waals surface area contributed by atoms with Gasteiger partial charge >= 0.3 is 83.2 Å². The first kappa shape index (κ1) is 45.3. The second-order valence-electron chi connectivity index (χ2n) is 9.25. The summed E-state index contributed by atoms with van der Waals surface area (Å²) < 4.78 is 362. The first-order chi connectivity index (χ1) is 20.3. The van der Waals surface area contributed by atoms with E-state index in [1.807, 2.05) is 0 Å². The molecule has 0 aromatic rings. The van der Waals surface area contributed by atoms with E-state index in [-0.39, 0.29) is 6.08 Å². The van der Waals surface area contributed by atoms with Crippen molar-refractivity contribution in [3.05, 3.63) is 11.6 Å². The van der Waals surface area contributed by atoms with Crippen molar-refractivity contribution in [2.24, 2.45) is 0 Å². The molecule has 0 aromatic carbocycles. The quantitative estimate of drug-likeness (QED) is 0.133. The average Bonchev–Trinajstić information content (AvgIpc) is 2.86. The van der Waals surface area contributed by atoms with Gasteiger partial charge in [0.05, 0.1) is 0 Å². The highest BCUT2D eigenvalue weighted by molar-refractivity contribution is 5.85. The largest absolute Gasteiger partial charge is 0.478 e. The summed E-state index contributed by atoms with van der Waals surface area (Å²) in [6.07, 6.45) is -13.3. The molecule has 0 unspecified atom stereocenters. The molecular weight excluding hydrogens is 773 g/mol. The molecule has 2 nitrogen and oxygen atoms in total. The van der Waals surface area contributed by atoms with Crippen LogP contribution in [0.15, 0.2) is 11.6 Å². The molecule has 0 aliphatic carbocycles. The molecule has 286 valence electrons. The van der Waals surface area contributed by atoms with Gasteiger partial charge in [0.1, 0.15) is 0 Å². The Morgan fingerprint density at radius 1 is 0.417 bits per heavy atom. The zero-order chi connectivity index (χ0) is 39.8. The lowest BCUT2D eigenvalue weighted by atomic mass is 9.83. The number of carbonyl (C=O) groups is 1. The molecular formula is C19H9F27O2. The van der Waals surface area contributed by atoms with Crippen LogP contribution in [0.25, 0.3) is 0 Å². The Morgan fingerprint density at radius 3 is 0.833 bits per heavy atom. The molecule has 48 heavy (non-hydrogen) atoms. The third-order valence-electron chi connectivity index (χ3n) is 6.00. The molecule has 1 N–H and O–H groups in total. The van der Waals surface area contributed by atoms with Crippen molar-refractivity contribution in [1.29, 1.82) is 0 Å². The zero-order valence-corrected chi connectivity index (χ0v) is 21.6. The maximum absolute atomic E-state index is 13.8. The van der Waals surface area contributed by atoms with Crippen LogP contribution in [0.4, 0.5) is 119 Å². The van der Waals surface area contributed by atoms with Crippen molar-refractivity contribution < 1.29 is 128 Å². The van der Waals surface area contributed by atoms with Gasteiger partial charge in [0.25, 0.3) is 0 Å². The number of allylic oxidation sites excluding steroid dienone is 1. The zero-order valence-electron chi connectivity index (χ0n) is 21.6.